The van der Waals surface area contributed by atoms with Crippen molar-refractivity contribution in [3.63, 3.8) is 0 Å². The topological polar surface area (TPSA) is 104 Å². The molecule has 0 radical (unpaired) electrons. The fourth-order valence-corrected chi connectivity index (χ4v) is 4.46. The van der Waals surface area contributed by atoms with Gasteiger partial charge in [0.05, 0.1) is 29.8 Å². The predicted octanol–water partition coefficient (Wildman–Crippen LogP) is 6.53. The molecule has 0 aliphatic heterocycles. The van der Waals surface area contributed by atoms with E-state index >= 15 is 0 Å². The highest BCUT2D eigenvalue weighted by Crippen LogP contribution is 2.29. The second kappa shape index (κ2) is 11.6. The number of hydrogen-bond donors (Lipinski definition) is 1. The molecule has 5 aromatic rings. The first-order valence-electron chi connectivity index (χ1n) is 13.3. The third-order valence-corrected chi connectivity index (χ3v) is 7.06. The Labute approximate surface area is 243 Å². The Bertz CT molecular complexity index is 1810. The van der Waals surface area contributed by atoms with Gasteiger partial charge in [-0.05, 0) is 73.0 Å². The molecule has 3 aromatic heterocycles. The second-order valence-electron chi connectivity index (χ2n) is 10.5. The van der Waals surface area contributed by atoms with Crippen LogP contribution in [0.3, 0.4) is 0 Å². The zero-order valence-electron chi connectivity index (χ0n) is 23.7. The standard InChI is InChI=1S/C33H29FN6O2/c1-33(2,20-35)25-11-12-36-30(15-25)32(41)39-29-14-22(7-10-27(29)34)23-13-24-18-38-31(16-28(24)37-17-23)40(3)19-21-5-8-26(42-4)9-6-21/h5-18H,19H2,1-4H3,(H,39,41). The molecule has 0 spiro atoms. The minimum atomic E-state index is -0.798. The van der Waals surface area contributed by atoms with Crippen LogP contribution in [0.2, 0.25) is 0 Å². The molecule has 1 amide bonds. The molecule has 1 N–H and O–H groups in total. The molecule has 0 bridgehead atoms. The van der Waals surface area contributed by atoms with Gasteiger partial charge in [-0.1, -0.05) is 18.2 Å². The number of amides is 1. The van der Waals surface area contributed by atoms with Crippen molar-refractivity contribution in [2.75, 3.05) is 24.4 Å². The number of ether oxygens (including phenoxy) is 1. The Morgan fingerprint density at radius 1 is 1.00 bits per heavy atom. The highest BCUT2D eigenvalue weighted by molar-refractivity contribution is 6.03. The van der Waals surface area contributed by atoms with E-state index in [4.69, 9.17) is 4.74 Å². The van der Waals surface area contributed by atoms with Gasteiger partial charge in [-0.25, -0.2) is 9.37 Å². The van der Waals surface area contributed by atoms with Gasteiger partial charge in [0.2, 0.25) is 0 Å². The van der Waals surface area contributed by atoms with Crippen molar-refractivity contribution in [3.8, 4) is 22.9 Å². The number of fused-ring (bicyclic) bond motifs is 1. The van der Waals surface area contributed by atoms with Gasteiger partial charge in [0.25, 0.3) is 5.91 Å². The monoisotopic (exact) mass is 560 g/mol. The van der Waals surface area contributed by atoms with Crippen molar-refractivity contribution < 1.29 is 13.9 Å². The first kappa shape index (κ1) is 28.2. The number of rotatable bonds is 8. The number of hydrogen-bond acceptors (Lipinski definition) is 7. The van der Waals surface area contributed by atoms with E-state index in [1.54, 1.807) is 57.6 Å². The summed E-state index contributed by atoms with van der Waals surface area (Å²) in [6.45, 7) is 4.17. The van der Waals surface area contributed by atoms with Crippen LogP contribution in [0.1, 0.15) is 35.5 Å². The lowest BCUT2D eigenvalue weighted by atomic mass is 9.86. The highest BCUT2D eigenvalue weighted by atomic mass is 19.1. The molecule has 5 rings (SSSR count). The summed E-state index contributed by atoms with van der Waals surface area (Å²) in [5, 5.41) is 12.9. The lowest BCUT2D eigenvalue weighted by Crippen LogP contribution is -2.18. The largest absolute Gasteiger partial charge is 0.497 e. The van der Waals surface area contributed by atoms with Crippen LogP contribution in [-0.2, 0) is 12.0 Å². The molecule has 0 saturated heterocycles. The third kappa shape index (κ3) is 6.03. The molecule has 210 valence electrons. The maximum atomic E-state index is 14.7. The number of pyridine rings is 3. The van der Waals surface area contributed by atoms with E-state index in [2.05, 4.69) is 26.3 Å². The molecule has 42 heavy (non-hydrogen) atoms. The minimum absolute atomic E-state index is 0.0120. The molecule has 0 unspecified atom stereocenters. The normalized spacial score (nSPS) is 11.1. The Kier molecular flexibility index (Phi) is 7.80. The minimum Gasteiger partial charge on any atom is -0.497 e. The van der Waals surface area contributed by atoms with Gasteiger partial charge in [-0.2, -0.15) is 5.26 Å². The van der Waals surface area contributed by atoms with Crippen LogP contribution in [-0.4, -0.2) is 35.0 Å². The number of carbonyl (C=O) groups excluding carboxylic acids is 1. The quantitative estimate of drug-likeness (QED) is 0.230. The number of methoxy groups -OCH3 is 1. The number of nitriles is 1. The summed E-state index contributed by atoms with van der Waals surface area (Å²) in [5.41, 5.74) is 3.26. The lowest BCUT2D eigenvalue weighted by molar-refractivity contribution is 0.102. The molecular weight excluding hydrogens is 531 g/mol. The van der Waals surface area contributed by atoms with Crippen molar-refractivity contribution in [1.82, 2.24) is 15.0 Å². The zero-order chi connectivity index (χ0) is 29.9. The van der Waals surface area contributed by atoms with Gasteiger partial charge < -0.3 is 15.0 Å². The van der Waals surface area contributed by atoms with Crippen molar-refractivity contribution in [1.29, 1.82) is 5.26 Å². The second-order valence-corrected chi connectivity index (χ2v) is 10.5. The van der Waals surface area contributed by atoms with Crippen molar-refractivity contribution in [2.24, 2.45) is 0 Å². The number of benzene rings is 2. The average Bonchev–Trinajstić information content (AvgIpc) is 3.02. The van der Waals surface area contributed by atoms with Crippen molar-refractivity contribution >= 4 is 28.3 Å². The van der Waals surface area contributed by atoms with Gasteiger partial charge in [-0.15, -0.1) is 0 Å². The highest BCUT2D eigenvalue weighted by Gasteiger charge is 2.22. The van der Waals surface area contributed by atoms with Crippen LogP contribution >= 0.6 is 0 Å². The molecule has 8 nitrogen and oxygen atoms in total. The van der Waals surface area contributed by atoms with E-state index in [1.807, 2.05) is 48.3 Å². The van der Waals surface area contributed by atoms with E-state index in [1.165, 1.54) is 12.3 Å². The number of nitrogens with zero attached hydrogens (tertiary/aromatic N) is 5. The first-order valence-corrected chi connectivity index (χ1v) is 13.3. The van der Waals surface area contributed by atoms with Crippen LogP contribution in [0, 0.1) is 17.1 Å². The van der Waals surface area contributed by atoms with Crippen LogP contribution in [0.4, 0.5) is 15.9 Å². The van der Waals surface area contributed by atoms with Gasteiger partial charge in [-0.3, -0.25) is 14.8 Å². The Morgan fingerprint density at radius 2 is 1.79 bits per heavy atom. The Balaban J connectivity index is 1.35. The van der Waals surface area contributed by atoms with Crippen LogP contribution in [0.15, 0.2) is 85.3 Å². The molecule has 3 heterocycles. The number of aromatic nitrogens is 3. The predicted molar refractivity (Wildman–Crippen MR) is 161 cm³/mol. The average molecular weight is 561 g/mol. The molecular formula is C33H29FN6O2. The van der Waals surface area contributed by atoms with E-state index in [0.717, 1.165) is 33.6 Å². The summed E-state index contributed by atoms with van der Waals surface area (Å²) in [4.78, 5) is 28.3. The third-order valence-electron chi connectivity index (χ3n) is 7.06. The first-order chi connectivity index (χ1) is 20.2. The van der Waals surface area contributed by atoms with E-state index < -0.39 is 17.1 Å². The molecule has 0 atom stereocenters. The SMILES string of the molecule is COc1ccc(CN(C)c2cc3ncc(-c4ccc(F)c(NC(=O)c5cc(C(C)(C)C#N)ccn5)c4)cc3cn2)cc1. The summed E-state index contributed by atoms with van der Waals surface area (Å²) in [6.07, 6.45) is 4.94. The fourth-order valence-electron chi connectivity index (χ4n) is 4.46. The fraction of sp³-hybridized carbons (Fsp3) is 0.182. The molecule has 0 fully saturated rings. The van der Waals surface area contributed by atoms with E-state index in [-0.39, 0.29) is 11.4 Å². The van der Waals surface area contributed by atoms with Crippen LogP contribution in [0.5, 0.6) is 5.75 Å². The summed E-state index contributed by atoms with van der Waals surface area (Å²) in [7, 11) is 3.61. The summed E-state index contributed by atoms with van der Waals surface area (Å²) in [5.74, 6) is 0.430. The number of anilines is 2. The number of nitrogens with one attached hydrogen (secondary N) is 1. The van der Waals surface area contributed by atoms with Gasteiger partial charge >= 0.3 is 0 Å². The smallest absolute Gasteiger partial charge is 0.274 e. The van der Waals surface area contributed by atoms with Crippen molar-refractivity contribution in [3.05, 3.63) is 108 Å². The maximum Gasteiger partial charge on any atom is 0.274 e. The number of carbonyl (C=O) groups is 1. The maximum absolute atomic E-state index is 14.7. The van der Waals surface area contributed by atoms with Gasteiger partial charge in [0.1, 0.15) is 23.1 Å². The van der Waals surface area contributed by atoms with Crippen LogP contribution < -0.4 is 15.0 Å². The molecule has 0 saturated carbocycles. The van der Waals surface area contributed by atoms with Gasteiger partial charge in [0.15, 0.2) is 0 Å². The lowest BCUT2D eigenvalue weighted by Gasteiger charge is -2.19. The van der Waals surface area contributed by atoms with Crippen LogP contribution in [0.25, 0.3) is 22.0 Å². The van der Waals surface area contributed by atoms with E-state index in [0.29, 0.717) is 17.7 Å². The van der Waals surface area contributed by atoms with E-state index in [9.17, 15) is 14.4 Å². The summed E-state index contributed by atoms with van der Waals surface area (Å²) < 4.78 is 20.0. The summed E-state index contributed by atoms with van der Waals surface area (Å²) >= 11 is 0. The zero-order valence-corrected chi connectivity index (χ0v) is 23.7. The molecule has 0 aliphatic carbocycles. The molecule has 0 aliphatic rings. The molecule has 9 heteroatoms. The number of halogens is 1. The Morgan fingerprint density at radius 3 is 2.52 bits per heavy atom. The summed E-state index contributed by atoms with van der Waals surface area (Å²) in [6, 6.07) is 21.7. The molecule has 2 aromatic carbocycles. The Hall–Kier alpha value is -5.36. The van der Waals surface area contributed by atoms with Crippen molar-refractivity contribution in [2.45, 2.75) is 25.8 Å². The van der Waals surface area contributed by atoms with Gasteiger partial charge in [0, 0.05) is 49.2 Å².